The van der Waals surface area contributed by atoms with Crippen LogP contribution in [0, 0.1) is 5.92 Å². The number of carbonyl (C=O) groups is 1. The van der Waals surface area contributed by atoms with Gasteiger partial charge in [-0.25, -0.2) is 0 Å². The van der Waals surface area contributed by atoms with Gasteiger partial charge in [0.25, 0.3) is 5.91 Å². The van der Waals surface area contributed by atoms with Crippen molar-refractivity contribution in [2.75, 3.05) is 19.8 Å². The number of aliphatic hydroxyl groups excluding tert-OH is 1. The monoisotopic (exact) mass is 300 g/mol. The van der Waals surface area contributed by atoms with Crippen molar-refractivity contribution in [3.05, 3.63) is 23.0 Å². The molecule has 2 rings (SSSR count). The highest BCUT2D eigenvalue weighted by Gasteiger charge is 2.26. The second kappa shape index (κ2) is 7.11. The van der Waals surface area contributed by atoms with E-state index in [0.29, 0.717) is 23.1 Å². The quantitative estimate of drug-likeness (QED) is 0.868. The summed E-state index contributed by atoms with van der Waals surface area (Å²) in [6, 6.07) is 1.63. The molecule has 0 spiro atoms. The number of rotatable bonds is 5. The molecule has 0 aromatic carbocycles. The Morgan fingerprint density at radius 3 is 2.85 bits per heavy atom. The largest absolute Gasteiger partial charge is 0.396 e. The van der Waals surface area contributed by atoms with Gasteiger partial charge in [0.15, 0.2) is 0 Å². The summed E-state index contributed by atoms with van der Waals surface area (Å²) in [6.45, 7) is 1.51. The molecule has 1 fully saturated rings. The van der Waals surface area contributed by atoms with Crippen LogP contribution in [-0.4, -0.2) is 41.4 Å². The normalized spacial score (nSPS) is 17.9. The van der Waals surface area contributed by atoms with Crippen molar-refractivity contribution in [2.45, 2.75) is 25.3 Å². The van der Waals surface area contributed by atoms with Crippen LogP contribution in [-0.2, 0) is 11.8 Å². The van der Waals surface area contributed by atoms with E-state index in [2.05, 4.69) is 5.32 Å². The molecule has 0 aliphatic carbocycles. The summed E-state index contributed by atoms with van der Waals surface area (Å²) >= 11 is 5.90. The summed E-state index contributed by atoms with van der Waals surface area (Å²) in [6.07, 6.45) is 4.10. The van der Waals surface area contributed by atoms with Crippen LogP contribution in [0.15, 0.2) is 12.3 Å². The maximum Gasteiger partial charge on any atom is 0.268 e. The van der Waals surface area contributed by atoms with Crippen LogP contribution >= 0.6 is 11.6 Å². The highest BCUT2D eigenvalue weighted by atomic mass is 35.5. The van der Waals surface area contributed by atoms with Crippen LogP contribution in [0.2, 0.25) is 5.02 Å². The first kappa shape index (κ1) is 15.4. The lowest BCUT2D eigenvalue weighted by atomic mass is 9.90. The summed E-state index contributed by atoms with van der Waals surface area (Å²) < 4.78 is 7.05. The molecule has 2 N–H and O–H groups in total. The van der Waals surface area contributed by atoms with Crippen molar-refractivity contribution < 1.29 is 14.6 Å². The molecule has 1 aromatic heterocycles. The number of hydrogen-bond donors (Lipinski definition) is 2. The molecule has 112 valence electrons. The SMILES string of the molecule is Cn1cc(Cl)cc1C(=O)N[C@@H](CCO)C1CCOCC1. The molecule has 1 saturated heterocycles. The van der Waals surface area contributed by atoms with Crippen LogP contribution in [0.4, 0.5) is 0 Å². The van der Waals surface area contributed by atoms with Crippen molar-refractivity contribution in [2.24, 2.45) is 13.0 Å². The molecule has 0 unspecified atom stereocenters. The molecule has 0 saturated carbocycles. The molecule has 0 bridgehead atoms. The second-order valence-electron chi connectivity index (χ2n) is 5.20. The first-order chi connectivity index (χ1) is 9.61. The zero-order chi connectivity index (χ0) is 14.5. The predicted molar refractivity (Wildman–Crippen MR) is 76.9 cm³/mol. The summed E-state index contributed by atoms with van der Waals surface area (Å²) in [5.41, 5.74) is 0.532. The summed E-state index contributed by atoms with van der Waals surface area (Å²) in [7, 11) is 1.79. The van der Waals surface area contributed by atoms with E-state index in [0.717, 1.165) is 26.1 Å². The zero-order valence-corrected chi connectivity index (χ0v) is 12.4. The first-order valence-electron chi connectivity index (χ1n) is 6.93. The van der Waals surface area contributed by atoms with Gasteiger partial charge in [-0.15, -0.1) is 0 Å². The number of halogens is 1. The lowest BCUT2D eigenvalue weighted by Gasteiger charge is -2.30. The number of amides is 1. The van der Waals surface area contributed by atoms with Crippen LogP contribution in [0.5, 0.6) is 0 Å². The molecule has 1 aromatic rings. The first-order valence-corrected chi connectivity index (χ1v) is 7.31. The number of nitrogens with zero attached hydrogens (tertiary/aromatic N) is 1. The number of hydrogen-bond acceptors (Lipinski definition) is 3. The summed E-state index contributed by atoms with van der Waals surface area (Å²) in [4.78, 5) is 12.3. The highest BCUT2D eigenvalue weighted by molar-refractivity contribution is 6.31. The number of aromatic nitrogens is 1. The van der Waals surface area contributed by atoms with Gasteiger partial charge >= 0.3 is 0 Å². The molecule has 1 aliphatic heterocycles. The molecule has 0 radical (unpaired) electrons. The molecular weight excluding hydrogens is 280 g/mol. The Morgan fingerprint density at radius 1 is 1.60 bits per heavy atom. The van der Waals surface area contributed by atoms with Crippen molar-refractivity contribution in [1.82, 2.24) is 9.88 Å². The van der Waals surface area contributed by atoms with Crippen LogP contribution in [0.25, 0.3) is 0 Å². The third-order valence-corrected chi connectivity index (χ3v) is 4.00. The standard InChI is InChI=1S/C14H21ClN2O3/c1-17-9-11(15)8-13(17)14(19)16-12(2-5-18)10-3-6-20-7-4-10/h8-10,12,18H,2-7H2,1H3,(H,16,19)/t12-/m0/s1. The Hall–Kier alpha value is -1.04. The molecule has 6 heteroatoms. The third-order valence-electron chi connectivity index (χ3n) is 3.80. The number of ether oxygens (including phenoxy) is 1. The van der Waals surface area contributed by atoms with E-state index in [1.54, 1.807) is 23.9 Å². The average molecular weight is 301 g/mol. The summed E-state index contributed by atoms with van der Waals surface area (Å²) in [5, 5.41) is 12.8. The number of nitrogens with one attached hydrogen (secondary N) is 1. The van der Waals surface area contributed by atoms with Gasteiger partial charge in [0.05, 0.1) is 5.02 Å². The molecule has 20 heavy (non-hydrogen) atoms. The van der Waals surface area contributed by atoms with Gasteiger partial charge in [-0.1, -0.05) is 11.6 Å². The van der Waals surface area contributed by atoms with E-state index >= 15 is 0 Å². The topological polar surface area (TPSA) is 63.5 Å². The number of aryl methyl sites for hydroxylation is 1. The Labute approximate surface area is 123 Å². The third kappa shape index (κ3) is 3.75. The fraction of sp³-hybridized carbons (Fsp3) is 0.643. The summed E-state index contributed by atoms with van der Waals surface area (Å²) in [5.74, 6) is 0.208. The predicted octanol–water partition coefficient (Wildman–Crippen LogP) is 1.59. The van der Waals surface area contributed by atoms with Gasteiger partial charge < -0.3 is 19.7 Å². The number of aliphatic hydroxyl groups is 1. The maximum atomic E-state index is 12.3. The van der Waals surface area contributed by atoms with Gasteiger partial charge in [-0.2, -0.15) is 0 Å². The van der Waals surface area contributed by atoms with Gasteiger partial charge in [-0.05, 0) is 31.2 Å². The Kier molecular flexibility index (Phi) is 5.46. The maximum absolute atomic E-state index is 12.3. The minimum atomic E-state index is -0.149. The average Bonchev–Trinajstić information content (AvgIpc) is 2.78. The van der Waals surface area contributed by atoms with Gasteiger partial charge in [0.1, 0.15) is 5.69 Å². The van der Waals surface area contributed by atoms with Crippen LogP contribution in [0.1, 0.15) is 29.8 Å². The molecule has 2 heterocycles. The fourth-order valence-electron chi connectivity index (χ4n) is 2.68. The number of carbonyl (C=O) groups excluding carboxylic acids is 1. The fourth-order valence-corrected chi connectivity index (χ4v) is 2.93. The van der Waals surface area contributed by atoms with Crippen molar-refractivity contribution in [3.63, 3.8) is 0 Å². The molecule has 5 nitrogen and oxygen atoms in total. The van der Waals surface area contributed by atoms with Crippen LogP contribution < -0.4 is 5.32 Å². The molecular formula is C14H21ClN2O3. The minimum absolute atomic E-state index is 0.0231. The second-order valence-corrected chi connectivity index (χ2v) is 5.63. The lowest BCUT2D eigenvalue weighted by Crippen LogP contribution is -2.43. The van der Waals surface area contributed by atoms with Crippen molar-refractivity contribution >= 4 is 17.5 Å². The Balaban J connectivity index is 2.03. The van der Waals surface area contributed by atoms with E-state index in [9.17, 15) is 9.90 Å². The van der Waals surface area contributed by atoms with Gasteiger partial charge in [0, 0.05) is 39.1 Å². The van der Waals surface area contributed by atoms with Crippen LogP contribution in [0.3, 0.4) is 0 Å². The van der Waals surface area contributed by atoms with E-state index in [1.165, 1.54) is 0 Å². The van der Waals surface area contributed by atoms with E-state index in [-0.39, 0.29) is 18.6 Å². The lowest BCUT2D eigenvalue weighted by molar-refractivity contribution is 0.0477. The highest BCUT2D eigenvalue weighted by Crippen LogP contribution is 2.21. The smallest absolute Gasteiger partial charge is 0.268 e. The Bertz CT molecular complexity index is 455. The van der Waals surface area contributed by atoms with E-state index in [1.807, 2.05) is 0 Å². The zero-order valence-electron chi connectivity index (χ0n) is 11.6. The van der Waals surface area contributed by atoms with Crippen molar-refractivity contribution in [3.8, 4) is 0 Å². The van der Waals surface area contributed by atoms with E-state index in [4.69, 9.17) is 16.3 Å². The van der Waals surface area contributed by atoms with E-state index < -0.39 is 0 Å². The molecule has 1 atom stereocenters. The van der Waals surface area contributed by atoms with Gasteiger partial charge in [0.2, 0.25) is 0 Å². The van der Waals surface area contributed by atoms with Gasteiger partial charge in [-0.3, -0.25) is 4.79 Å². The minimum Gasteiger partial charge on any atom is -0.396 e. The molecule has 1 aliphatic rings. The van der Waals surface area contributed by atoms with Crippen molar-refractivity contribution in [1.29, 1.82) is 0 Å². The molecule has 1 amide bonds. The Morgan fingerprint density at radius 2 is 2.30 bits per heavy atom.